The van der Waals surface area contributed by atoms with Gasteiger partial charge in [-0.25, -0.2) is 0 Å². The number of carboxylic acid groups (broad SMARTS) is 1. The predicted molar refractivity (Wildman–Crippen MR) is 70.1 cm³/mol. The van der Waals surface area contributed by atoms with Gasteiger partial charge in [-0.15, -0.1) is 0 Å². The number of benzene rings is 1. The molecule has 0 saturated heterocycles. The fourth-order valence-electron chi connectivity index (χ4n) is 2.32. The zero-order valence-corrected chi connectivity index (χ0v) is 10.6. The lowest BCUT2D eigenvalue weighted by Gasteiger charge is -2.10. The molecular weight excluding hydrogens is 230 g/mol. The van der Waals surface area contributed by atoms with Crippen molar-refractivity contribution in [2.24, 2.45) is 0 Å². The first-order valence-electron chi connectivity index (χ1n) is 5.74. The molecule has 0 unspecified atom stereocenters. The molecule has 0 fully saturated rings. The summed E-state index contributed by atoms with van der Waals surface area (Å²) in [5, 5.41) is 9.76. The lowest BCUT2D eigenvalue weighted by molar-refractivity contribution is -0.136. The largest absolute Gasteiger partial charge is 0.481 e. The second-order valence-electron chi connectivity index (χ2n) is 4.63. The van der Waals surface area contributed by atoms with Crippen LogP contribution in [0.2, 0.25) is 0 Å². The zero-order chi connectivity index (χ0) is 13.4. The quantitative estimate of drug-likeness (QED) is 0.851. The summed E-state index contributed by atoms with van der Waals surface area (Å²) in [6.07, 6.45) is -0.246. The number of hydrogen-bond acceptors (Lipinski definition) is 2. The Kier molecular flexibility index (Phi) is 2.95. The Morgan fingerprint density at radius 1 is 1.28 bits per heavy atom. The van der Waals surface area contributed by atoms with Crippen LogP contribution in [0.25, 0.3) is 10.9 Å². The van der Waals surface area contributed by atoms with Gasteiger partial charge in [0.2, 0.25) is 0 Å². The number of aromatic nitrogens is 1. The molecule has 0 aliphatic carbocycles. The summed E-state index contributed by atoms with van der Waals surface area (Å²) in [4.78, 5) is 25.5. The minimum absolute atomic E-state index is 0.246. The van der Waals surface area contributed by atoms with E-state index in [0.29, 0.717) is 5.56 Å². The number of nitrogens with one attached hydrogen (secondary N) is 1. The third kappa shape index (κ3) is 2.01. The highest BCUT2D eigenvalue weighted by molar-refractivity contribution is 5.87. The van der Waals surface area contributed by atoms with Crippen LogP contribution in [-0.2, 0) is 11.2 Å². The SMILES string of the molecule is Cc1cc(C)c2[nH]c(=O)c(CC(=O)O)c(C)c2c1. The number of H-pyrrole nitrogens is 1. The summed E-state index contributed by atoms with van der Waals surface area (Å²) < 4.78 is 0. The molecule has 1 aromatic carbocycles. The van der Waals surface area contributed by atoms with Crippen molar-refractivity contribution in [3.8, 4) is 0 Å². The standard InChI is InChI=1S/C14H15NO3/c1-7-4-8(2)13-10(5-7)9(3)11(6-12(16)17)14(18)15-13/h4-5H,6H2,1-3H3,(H,15,18)(H,16,17). The van der Waals surface area contributed by atoms with Gasteiger partial charge in [0.25, 0.3) is 5.56 Å². The summed E-state index contributed by atoms with van der Waals surface area (Å²) in [5.41, 5.74) is 3.65. The highest BCUT2D eigenvalue weighted by atomic mass is 16.4. The van der Waals surface area contributed by atoms with E-state index in [1.165, 1.54) is 0 Å². The molecule has 0 aliphatic rings. The molecule has 0 aliphatic heterocycles. The van der Waals surface area contributed by atoms with Crippen molar-refractivity contribution < 1.29 is 9.90 Å². The minimum Gasteiger partial charge on any atom is -0.481 e. The second-order valence-corrected chi connectivity index (χ2v) is 4.63. The molecule has 18 heavy (non-hydrogen) atoms. The summed E-state index contributed by atoms with van der Waals surface area (Å²) >= 11 is 0. The van der Waals surface area contributed by atoms with Crippen molar-refractivity contribution in [1.29, 1.82) is 0 Å². The Morgan fingerprint density at radius 3 is 2.56 bits per heavy atom. The van der Waals surface area contributed by atoms with Crippen molar-refractivity contribution in [2.45, 2.75) is 27.2 Å². The van der Waals surface area contributed by atoms with Gasteiger partial charge in [0.1, 0.15) is 0 Å². The Hall–Kier alpha value is -2.10. The number of pyridine rings is 1. The number of aromatic amines is 1. The van der Waals surface area contributed by atoms with E-state index in [0.717, 1.165) is 27.6 Å². The zero-order valence-electron chi connectivity index (χ0n) is 10.6. The summed E-state index contributed by atoms with van der Waals surface area (Å²) in [5.74, 6) is -0.993. The van der Waals surface area contributed by atoms with Crippen LogP contribution in [0.5, 0.6) is 0 Å². The molecule has 0 saturated carbocycles. The van der Waals surface area contributed by atoms with E-state index in [2.05, 4.69) is 4.98 Å². The normalized spacial score (nSPS) is 10.8. The van der Waals surface area contributed by atoms with E-state index in [4.69, 9.17) is 5.11 Å². The van der Waals surface area contributed by atoms with E-state index in [1.54, 1.807) is 6.92 Å². The van der Waals surface area contributed by atoms with Gasteiger partial charge in [-0.2, -0.15) is 0 Å². The molecule has 0 radical (unpaired) electrons. The number of aryl methyl sites for hydroxylation is 3. The summed E-state index contributed by atoms with van der Waals surface area (Å²) in [6, 6.07) is 3.97. The molecule has 4 heteroatoms. The predicted octanol–water partition coefficient (Wildman–Crippen LogP) is 2.08. The molecule has 0 amide bonds. The first-order chi connectivity index (χ1) is 8.40. The first kappa shape index (κ1) is 12.4. The van der Waals surface area contributed by atoms with Crippen molar-refractivity contribution in [1.82, 2.24) is 4.98 Å². The topological polar surface area (TPSA) is 70.2 Å². The Bertz CT molecular complexity index is 698. The number of hydrogen-bond donors (Lipinski definition) is 2. The Morgan fingerprint density at radius 2 is 1.94 bits per heavy atom. The number of aliphatic carboxylic acids is 1. The van der Waals surface area contributed by atoms with E-state index in [-0.39, 0.29) is 12.0 Å². The van der Waals surface area contributed by atoms with Gasteiger partial charge in [-0.05, 0) is 38.0 Å². The van der Waals surface area contributed by atoms with Gasteiger partial charge in [0.05, 0.1) is 11.9 Å². The number of carboxylic acids is 1. The highest BCUT2D eigenvalue weighted by Crippen LogP contribution is 2.22. The van der Waals surface area contributed by atoms with Gasteiger partial charge in [0, 0.05) is 10.9 Å². The molecule has 4 nitrogen and oxygen atoms in total. The highest BCUT2D eigenvalue weighted by Gasteiger charge is 2.13. The number of carbonyl (C=O) groups is 1. The Balaban J connectivity index is 2.85. The summed E-state index contributed by atoms with van der Waals surface area (Å²) in [7, 11) is 0. The fourth-order valence-corrected chi connectivity index (χ4v) is 2.32. The molecule has 0 atom stereocenters. The molecule has 0 spiro atoms. The van der Waals surface area contributed by atoms with Crippen LogP contribution in [-0.4, -0.2) is 16.1 Å². The van der Waals surface area contributed by atoms with Crippen LogP contribution in [0.15, 0.2) is 16.9 Å². The van der Waals surface area contributed by atoms with Crippen molar-refractivity contribution in [3.05, 3.63) is 44.7 Å². The maximum absolute atomic E-state index is 11.9. The first-order valence-corrected chi connectivity index (χ1v) is 5.74. The Labute approximate surface area is 104 Å². The second kappa shape index (κ2) is 4.29. The molecule has 0 bridgehead atoms. The molecule has 94 valence electrons. The van der Waals surface area contributed by atoms with Crippen LogP contribution in [0.3, 0.4) is 0 Å². The molecule has 1 aromatic heterocycles. The lowest BCUT2D eigenvalue weighted by atomic mass is 9.99. The summed E-state index contributed by atoms with van der Waals surface area (Å²) in [6.45, 7) is 5.71. The van der Waals surface area contributed by atoms with Crippen LogP contribution in [0.1, 0.15) is 22.3 Å². The van der Waals surface area contributed by atoms with Crippen LogP contribution < -0.4 is 5.56 Å². The molecular formula is C14H15NO3. The fraction of sp³-hybridized carbons (Fsp3) is 0.286. The van der Waals surface area contributed by atoms with E-state index >= 15 is 0 Å². The van der Waals surface area contributed by atoms with Crippen molar-refractivity contribution in [3.63, 3.8) is 0 Å². The lowest BCUT2D eigenvalue weighted by Crippen LogP contribution is -2.18. The average molecular weight is 245 g/mol. The average Bonchev–Trinajstić information content (AvgIpc) is 2.26. The van der Waals surface area contributed by atoms with Gasteiger partial charge in [-0.3, -0.25) is 9.59 Å². The van der Waals surface area contributed by atoms with Crippen LogP contribution in [0, 0.1) is 20.8 Å². The third-order valence-corrected chi connectivity index (χ3v) is 3.18. The molecule has 2 N–H and O–H groups in total. The smallest absolute Gasteiger partial charge is 0.308 e. The van der Waals surface area contributed by atoms with Gasteiger partial charge >= 0.3 is 5.97 Å². The van der Waals surface area contributed by atoms with Gasteiger partial charge in [-0.1, -0.05) is 11.6 Å². The van der Waals surface area contributed by atoms with Crippen LogP contribution in [0.4, 0.5) is 0 Å². The molecule has 2 aromatic rings. The number of rotatable bonds is 2. The third-order valence-electron chi connectivity index (χ3n) is 3.18. The van der Waals surface area contributed by atoms with Gasteiger partial charge < -0.3 is 10.1 Å². The van der Waals surface area contributed by atoms with E-state index in [9.17, 15) is 9.59 Å². The molecule has 1 heterocycles. The van der Waals surface area contributed by atoms with Crippen molar-refractivity contribution >= 4 is 16.9 Å². The monoisotopic (exact) mass is 245 g/mol. The van der Waals surface area contributed by atoms with E-state index < -0.39 is 5.97 Å². The van der Waals surface area contributed by atoms with Crippen molar-refractivity contribution in [2.75, 3.05) is 0 Å². The van der Waals surface area contributed by atoms with E-state index in [1.807, 2.05) is 26.0 Å². The van der Waals surface area contributed by atoms with Crippen LogP contribution >= 0.6 is 0 Å². The minimum atomic E-state index is -0.993. The number of fused-ring (bicyclic) bond motifs is 1. The molecule has 2 rings (SSSR count). The maximum atomic E-state index is 11.9. The van der Waals surface area contributed by atoms with Gasteiger partial charge in [0.15, 0.2) is 0 Å². The maximum Gasteiger partial charge on any atom is 0.308 e.